The van der Waals surface area contributed by atoms with E-state index in [0.29, 0.717) is 18.2 Å². The van der Waals surface area contributed by atoms with Gasteiger partial charge >= 0.3 is 0 Å². The van der Waals surface area contributed by atoms with Gasteiger partial charge in [-0.05, 0) is 42.9 Å². The van der Waals surface area contributed by atoms with Crippen LogP contribution in [0.3, 0.4) is 0 Å². The smallest absolute Gasteiger partial charge is 0.241 e. The van der Waals surface area contributed by atoms with E-state index in [1.165, 1.54) is 0 Å². The Hall–Kier alpha value is -2.33. The van der Waals surface area contributed by atoms with E-state index in [9.17, 15) is 13.5 Å². The van der Waals surface area contributed by atoms with Crippen LogP contribution < -0.4 is 10.0 Å². The number of aliphatic hydroxyl groups is 1. The number of hydrogen-bond acceptors (Lipinski definition) is 8. The maximum absolute atomic E-state index is 11.6. The van der Waals surface area contributed by atoms with Crippen LogP contribution in [0.4, 0.5) is 11.9 Å². The lowest BCUT2D eigenvalue weighted by Gasteiger charge is -2.19. The Bertz CT molecular complexity index is 920. The summed E-state index contributed by atoms with van der Waals surface area (Å²) in [4.78, 5) is 17.1. The molecule has 0 radical (unpaired) electrons. The number of sulfonamides is 1. The highest BCUT2D eigenvalue weighted by Gasteiger charge is 2.17. The second-order valence-electron chi connectivity index (χ2n) is 7.76. The minimum absolute atomic E-state index is 0.0423. The Morgan fingerprint density at radius 1 is 1.14 bits per heavy atom. The molecule has 3 N–H and O–H groups in total. The molecule has 0 fully saturated rings. The topological polar surface area (TPSA) is 130 Å². The van der Waals surface area contributed by atoms with Gasteiger partial charge in [0, 0.05) is 18.3 Å². The van der Waals surface area contributed by atoms with Crippen LogP contribution in [-0.4, -0.2) is 52.4 Å². The number of hydrogen-bond donors (Lipinski definition) is 3. The second-order valence-corrected chi connectivity index (χ2v) is 9.51. The molecule has 10 heteroatoms. The molecule has 0 aliphatic heterocycles. The van der Waals surface area contributed by atoms with Crippen LogP contribution >= 0.6 is 0 Å². The molecule has 0 aliphatic rings. The van der Waals surface area contributed by atoms with E-state index in [-0.39, 0.29) is 30.5 Å². The summed E-state index contributed by atoms with van der Waals surface area (Å²) in [5.74, 6) is 1.11. The monoisotopic (exact) mass is 422 g/mol. The highest BCUT2D eigenvalue weighted by molar-refractivity contribution is 7.91. The predicted molar refractivity (Wildman–Crippen MR) is 113 cm³/mol. The van der Waals surface area contributed by atoms with E-state index in [4.69, 9.17) is 0 Å². The summed E-state index contributed by atoms with van der Waals surface area (Å²) in [5.41, 5.74) is 2.02. The molecule has 2 atom stereocenters. The highest BCUT2D eigenvalue weighted by Crippen LogP contribution is 2.21. The minimum Gasteiger partial charge on any atom is -0.394 e. The van der Waals surface area contributed by atoms with E-state index < -0.39 is 10.0 Å². The average Bonchev–Trinajstić information content (AvgIpc) is 2.59. The Morgan fingerprint density at radius 3 is 2.41 bits per heavy atom. The number of anilines is 2. The fourth-order valence-electron chi connectivity index (χ4n) is 2.98. The molecule has 2 unspecified atom stereocenters. The van der Waals surface area contributed by atoms with Gasteiger partial charge in [0.1, 0.15) is 5.82 Å². The largest absolute Gasteiger partial charge is 0.394 e. The molecular formula is C19H30N6O3S. The molecule has 29 heavy (non-hydrogen) atoms. The standard InChI is InChI=1S/C19H30N6O3S/c1-12(2)8-16(11-26)21-18-22-17(23-19(24-18)25-29(5,27)28)9-13(3)15-6-7-20-14(4)10-15/h6-7,10,12-13,16,26H,8-9,11H2,1-5H3,(H2,21,22,23,24,25). The van der Waals surface area contributed by atoms with Crippen LogP contribution in [0.2, 0.25) is 0 Å². The van der Waals surface area contributed by atoms with E-state index >= 15 is 0 Å². The van der Waals surface area contributed by atoms with Crippen LogP contribution in [0.5, 0.6) is 0 Å². The van der Waals surface area contributed by atoms with Gasteiger partial charge in [0.05, 0.1) is 18.9 Å². The molecule has 0 saturated carbocycles. The van der Waals surface area contributed by atoms with Gasteiger partial charge in [-0.3, -0.25) is 9.71 Å². The summed E-state index contributed by atoms with van der Waals surface area (Å²) in [6.45, 7) is 8.00. The predicted octanol–water partition coefficient (Wildman–Crippen LogP) is 2.11. The van der Waals surface area contributed by atoms with Crippen LogP contribution in [0.25, 0.3) is 0 Å². The van der Waals surface area contributed by atoms with E-state index in [1.54, 1.807) is 6.20 Å². The number of nitrogens with zero attached hydrogens (tertiary/aromatic N) is 4. The fourth-order valence-corrected chi connectivity index (χ4v) is 3.41. The molecule has 0 amide bonds. The molecule has 0 bridgehead atoms. The average molecular weight is 423 g/mol. The number of aryl methyl sites for hydroxylation is 1. The number of pyridine rings is 1. The SMILES string of the molecule is Cc1cc(C(C)Cc2nc(NC(CO)CC(C)C)nc(NS(C)(=O)=O)n2)ccn1. The summed E-state index contributed by atoms with van der Waals surface area (Å²) in [6.07, 6.45) is 4.02. The van der Waals surface area contributed by atoms with Gasteiger partial charge < -0.3 is 10.4 Å². The molecular weight excluding hydrogens is 392 g/mol. The van der Waals surface area contributed by atoms with Crippen molar-refractivity contribution in [3.8, 4) is 0 Å². The molecule has 0 aliphatic carbocycles. The van der Waals surface area contributed by atoms with Crippen molar-refractivity contribution >= 4 is 21.9 Å². The summed E-state index contributed by atoms with van der Waals surface area (Å²) < 4.78 is 25.6. The lowest BCUT2D eigenvalue weighted by atomic mass is 9.98. The fraction of sp³-hybridized carbons (Fsp3) is 0.579. The van der Waals surface area contributed by atoms with Crippen LogP contribution in [0.1, 0.15) is 50.2 Å². The van der Waals surface area contributed by atoms with Crippen molar-refractivity contribution in [2.75, 3.05) is 22.9 Å². The van der Waals surface area contributed by atoms with Gasteiger partial charge in [0.2, 0.25) is 21.9 Å². The van der Waals surface area contributed by atoms with Crippen molar-refractivity contribution in [2.24, 2.45) is 5.92 Å². The normalized spacial score (nSPS) is 13.9. The molecule has 160 valence electrons. The number of nitrogens with one attached hydrogen (secondary N) is 2. The summed E-state index contributed by atoms with van der Waals surface area (Å²) in [5, 5.41) is 12.7. The third-order valence-corrected chi connectivity index (χ3v) is 4.80. The maximum Gasteiger partial charge on any atom is 0.241 e. The number of aromatic nitrogens is 4. The third-order valence-electron chi connectivity index (χ3n) is 4.25. The van der Waals surface area contributed by atoms with Gasteiger partial charge in [-0.15, -0.1) is 0 Å². The molecule has 0 spiro atoms. The molecule has 0 saturated heterocycles. The summed E-state index contributed by atoms with van der Waals surface area (Å²) in [7, 11) is -3.54. The molecule has 2 aromatic rings. The number of rotatable bonds is 10. The van der Waals surface area contributed by atoms with Crippen molar-refractivity contribution < 1.29 is 13.5 Å². The second kappa shape index (κ2) is 9.93. The molecule has 2 aromatic heterocycles. The van der Waals surface area contributed by atoms with E-state index in [1.807, 2.05) is 26.0 Å². The Kier molecular flexibility index (Phi) is 7.86. The summed E-state index contributed by atoms with van der Waals surface area (Å²) in [6, 6.07) is 3.71. The zero-order chi connectivity index (χ0) is 21.6. The quantitative estimate of drug-likeness (QED) is 0.531. The van der Waals surface area contributed by atoms with Gasteiger partial charge in [0.15, 0.2) is 0 Å². The zero-order valence-electron chi connectivity index (χ0n) is 17.5. The van der Waals surface area contributed by atoms with Crippen LogP contribution in [0.15, 0.2) is 18.3 Å². The minimum atomic E-state index is -3.54. The first-order valence-electron chi connectivity index (χ1n) is 9.58. The van der Waals surface area contributed by atoms with Crippen molar-refractivity contribution in [3.05, 3.63) is 35.4 Å². The van der Waals surface area contributed by atoms with Crippen LogP contribution in [0, 0.1) is 12.8 Å². The van der Waals surface area contributed by atoms with Crippen molar-refractivity contribution in [3.63, 3.8) is 0 Å². The first-order chi connectivity index (χ1) is 13.6. The highest BCUT2D eigenvalue weighted by atomic mass is 32.2. The van der Waals surface area contributed by atoms with Crippen LogP contribution in [-0.2, 0) is 16.4 Å². The van der Waals surface area contributed by atoms with E-state index in [0.717, 1.165) is 23.9 Å². The van der Waals surface area contributed by atoms with Crippen molar-refractivity contribution in [2.45, 2.75) is 52.5 Å². The zero-order valence-corrected chi connectivity index (χ0v) is 18.4. The van der Waals surface area contributed by atoms with Gasteiger partial charge in [-0.2, -0.15) is 15.0 Å². The lowest BCUT2D eigenvalue weighted by Crippen LogP contribution is -2.27. The van der Waals surface area contributed by atoms with Gasteiger partial charge in [-0.1, -0.05) is 20.8 Å². The summed E-state index contributed by atoms with van der Waals surface area (Å²) >= 11 is 0. The molecule has 2 rings (SSSR count). The molecule has 2 heterocycles. The Balaban J connectivity index is 2.30. The van der Waals surface area contributed by atoms with Gasteiger partial charge in [0.25, 0.3) is 0 Å². The Morgan fingerprint density at radius 2 is 1.83 bits per heavy atom. The van der Waals surface area contributed by atoms with E-state index in [2.05, 4.69) is 43.8 Å². The lowest BCUT2D eigenvalue weighted by molar-refractivity contribution is 0.259. The third kappa shape index (κ3) is 7.90. The Labute approximate surface area is 172 Å². The molecule has 9 nitrogen and oxygen atoms in total. The maximum atomic E-state index is 11.6. The number of aliphatic hydroxyl groups excluding tert-OH is 1. The first-order valence-corrected chi connectivity index (χ1v) is 11.5. The van der Waals surface area contributed by atoms with Gasteiger partial charge in [-0.25, -0.2) is 8.42 Å². The first kappa shape index (κ1) is 23.0. The van der Waals surface area contributed by atoms with Crippen molar-refractivity contribution in [1.82, 2.24) is 19.9 Å². The van der Waals surface area contributed by atoms with Crippen molar-refractivity contribution in [1.29, 1.82) is 0 Å². The molecule has 0 aromatic carbocycles.